The third kappa shape index (κ3) is 3.19. The second-order valence-electron chi connectivity index (χ2n) is 4.20. The smallest absolute Gasteiger partial charge is 0.337 e. The van der Waals surface area contributed by atoms with Gasteiger partial charge < -0.3 is 16.2 Å². The van der Waals surface area contributed by atoms with E-state index >= 15 is 0 Å². The maximum atomic E-state index is 13.7. The first kappa shape index (κ1) is 14.1. The predicted molar refractivity (Wildman–Crippen MR) is 76.6 cm³/mol. The van der Waals surface area contributed by atoms with Crippen LogP contribution < -0.4 is 11.1 Å². The van der Waals surface area contributed by atoms with Gasteiger partial charge in [-0.3, -0.25) is 0 Å². The number of hydrogen-bond donors (Lipinski definition) is 3. The van der Waals surface area contributed by atoms with E-state index in [9.17, 15) is 9.18 Å². The molecule has 4 N–H and O–H groups in total. The van der Waals surface area contributed by atoms with E-state index in [1.54, 1.807) is 24.3 Å². The van der Waals surface area contributed by atoms with Crippen LogP contribution in [0.4, 0.5) is 15.8 Å². The first-order valence-electron chi connectivity index (χ1n) is 5.78. The Labute approximate surface area is 120 Å². The standard InChI is InChI=1S/C14H12ClFN2O2/c15-9-3-1-8(2-4-9)7-18-13-5-10(14(19)20)12(17)6-11(13)16/h1-6,18H,7,17H2,(H,19,20). The minimum absolute atomic E-state index is 0.0894. The molecule has 0 radical (unpaired) electrons. The van der Waals surface area contributed by atoms with E-state index in [0.29, 0.717) is 11.6 Å². The van der Waals surface area contributed by atoms with Gasteiger partial charge in [0.25, 0.3) is 0 Å². The first-order chi connectivity index (χ1) is 9.47. The summed E-state index contributed by atoms with van der Waals surface area (Å²) in [6, 6.07) is 9.21. The number of nitrogen functional groups attached to an aromatic ring is 1. The third-order valence-electron chi connectivity index (χ3n) is 2.77. The number of halogens is 2. The highest BCUT2D eigenvalue weighted by Gasteiger charge is 2.13. The zero-order valence-electron chi connectivity index (χ0n) is 10.4. The van der Waals surface area contributed by atoms with Crippen molar-refractivity contribution in [2.24, 2.45) is 0 Å². The Bertz CT molecular complexity index is 644. The van der Waals surface area contributed by atoms with E-state index in [2.05, 4.69) is 5.32 Å². The summed E-state index contributed by atoms with van der Waals surface area (Å²) in [7, 11) is 0. The summed E-state index contributed by atoms with van der Waals surface area (Å²) in [4.78, 5) is 11.0. The topological polar surface area (TPSA) is 75.3 Å². The molecule has 2 rings (SSSR count). The average Bonchev–Trinajstić information content (AvgIpc) is 2.39. The van der Waals surface area contributed by atoms with E-state index in [1.807, 2.05) is 0 Å². The molecule has 0 saturated carbocycles. The number of anilines is 2. The molecule has 0 atom stereocenters. The molecular weight excluding hydrogens is 283 g/mol. The number of carbonyl (C=O) groups is 1. The van der Waals surface area contributed by atoms with Gasteiger partial charge in [0.05, 0.1) is 11.3 Å². The highest BCUT2D eigenvalue weighted by Crippen LogP contribution is 2.23. The van der Waals surface area contributed by atoms with Gasteiger partial charge in [-0.2, -0.15) is 0 Å². The molecule has 0 aliphatic carbocycles. The molecule has 4 nitrogen and oxygen atoms in total. The lowest BCUT2D eigenvalue weighted by atomic mass is 10.1. The van der Waals surface area contributed by atoms with Gasteiger partial charge in [0.1, 0.15) is 5.82 Å². The van der Waals surface area contributed by atoms with Gasteiger partial charge in [-0.1, -0.05) is 23.7 Å². The Hall–Kier alpha value is -2.27. The SMILES string of the molecule is Nc1cc(F)c(NCc2ccc(Cl)cc2)cc1C(=O)O. The van der Waals surface area contributed by atoms with E-state index < -0.39 is 11.8 Å². The molecule has 0 aliphatic heterocycles. The van der Waals surface area contributed by atoms with E-state index in [-0.39, 0.29) is 16.9 Å². The molecule has 0 fully saturated rings. The highest BCUT2D eigenvalue weighted by molar-refractivity contribution is 6.30. The number of nitrogens with one attached hydrogen (secondary N) is 1. The molecule has 0 aliphatic rings. The van der Waals surface area contributed by atoms with E-state index in [4.69, 9.17) is 22.4 Å². The molecule has 0 aromatic heterocycles. The highest BCUT2D eigenvalue weighted by atomic mass is 35.5. The van der Waals surface area contributed by atoms with Crippen LogP contribution in [-0.4, -0.2) is 11.1 Å². The molecule has 0 spiro atoms. The van der Waals surface area contributed by atoms with Crippen LogP contribution in [0.5, 0.6) is 0 Å². The quantitative estimate of drug-likeness (QED) is 0.756. The lowest BCUT2D eigenvalue weighted by Crippen LogP contribution is -2.07. The lowest BCUT2D eigenvalue weighted by molar-refractivity contribution is 0.0698. The van der Waals surface area contributed by atoms with Crippen LogP contribution in [0.3, 0.4) is 0 Å². The number of benzene rings is 2. The van der Waals surface area contributed by atoms with Crippen LogP contribution in [-0.2, 0) is 6.54 Å². The van der Waals surface area contributed by atoms with E-state index in [1.165, 1.54) is 6.07 Å². The molecular formula is C14H12ClFN2O2. The largest absolute Gasteiger partial charge is 0.478 e. The number of carboxylic acids is 1. The summed E-state index contributed by atoms with van der Waals surface area (Å²) in [5, 5.41) is 12.4. The predicted octanol–water partition coefficient (Wildman–Crippen LogP) is 3.37. The van der Waals surface area contributed by atoms with Gasteiger partial charge in [-0.25, -0.2) is 9.18 Å². The van der Waals surface area contributed by atoms with Crippen molar-refractivity contribution in [2.45, 2.75) is 6.54 Å². The van der Waals surface area contributed by atoms with Gasteiger partial charge in [0.15, 0.2) is 0 Å². The fraction of sp³-hybridized carbons (Fsp3) is 0.0714. The molecule has 6 heteroatoms. The molecule has 0 amide bonds. The number of hydrogen-bond acceptors (Lipinski definition) is 3. The van der Waals surface area contributed by atoms with E-state index in [0.717, 1.165) is 11.6 Å². The summed E-state index contributed by atoms with van der Waals surface area (Å²) in [6.45, 7) is 0.344. The van der Waals surface area contributed by atoms with Crippen LogP contribution in [0, 0.1) is 5.82 Å². The Morgan fingerprint density at radius 1 is 1.30 bits per heavy atom. The Morgan fingerprint density at radius 2 is 1.95 bits per heavy atom. The van der Waals surface area contributed by atoms with Crippen LogP contribution >= 0.6 is 11.6 Å². The zero-order chi connectivity index (χ0) is 14.7. The second-order valence-corrected chi connectivity index (χ2v) is 4.64. The summed E-state index contributed by atoms with van der Waals surface area (Å²) in [5.74, 6) is -1.79. The Morgan fingerprint density at radius 3 is 2.55 bits per heavy atom. The van der Waals surface area contributed by atoms with Crippen LogP contribution in [0.15, 0.2) is 36.4 Å². The van der Waals surface area contributed by atoms with Gasteiger partial charge >= 0.3 is 5.97 Å². The fourth-order valence-corrected chi connectivity index (χ4v) is 1.83. The van der Waals surface area contributed by atoms with Crippen LogP contribution in [0.1, 0.15) is 15.9 Å². The number of carboxylic acid groups (broad SMARTS) is 1. The van der Waals surface area contributed by atoms with Crippen molar-refractivity contribution in [1.29, 1.82) is 0 Å². The van der Waals surface area contributed by atoms with Crippen LogP contribution in [0.25, 0.3) is 0 Å². The molecule has 0 unspecified atom stereocenters. The summed E-state index contributed by atoms with van der Waals surface area (Å²) < 4.78 is 13.7. The van der Waals surface area contributed by atoms with Crippen molar-refractivity contribution in [2.75, 3.05) is 11.1 Å². The van der Waals surface area contributed by atoms with Gasteiger partial charge in [-0.05, 0) is 29.8 Å². The van der Waals surface area contributed by atoms with Gasteiger partial charge in [0, 0.05) is 17.3 Å². The maximum Gasteiger partial charge on any atom is 0.337 e. The first-order valence-corrected chi connectivity index (χ1v) is 6.16. The van der Waals surface area contributed by atoms with Crippen molar-refractivity contribution in [3.63, 3.8) is 0 Å². The maximum absolute atomic E-state index is 13.7. The summed E-state index contributed by atoms with van der Waals surface area (Å²) in [6.07, 6.45) is 0. The molecule has 0 saturated heterocycles. The Balaban J connectivity index is 2.18. The monoisotopic (exact) mass is 294 g/mol. The number of aromatic carboxylic acids is 1. The van der Waals surface area contributed by atoms with Crippen molar-refractivity contribution in [1.82, 2.24) is 0 Å². The fourth-order valence-electron chi connectivity index (χ4n) is 1.71. The molecule has 2 aromatic rings. The third-order valence-corrected chi connectivity index (χ3v) is 3.02. The molecule has 20 heavy (non-hydrogen) atoms. The molecule has 104 valence electrons. The van der Waals surface area contributed by atoms with Crippen molar-refractivity contribution < 1.29 is 14.3 Å². The number of rotatable bonds is 4. The lowest BCUT2D eigenvalue weighted by Gasteiger charge is -2.10. The van der Waals surface area contributed by atoms with Crippen LogP contribution in [0.2, 0.25) is 5.02 Å². The summed E-state index contributed by atoms with van der Waals surface area (Å²) in [5.41, 5.74) is 6.19. The Kier molecular flexibility index (Phi) is 4.10. The van der Waals surface area contributed by atoms with Gasteiger partial charge in [-0.15, -0.1) is 0 Å². The minimum Gasteiger partial charge on any atom is -0.478 e. The molecule has 0 bridgehead atoms. The number of nitrogens with two attached hydrogens (primary N) is 1. The van der Waals surface area contributed by atoms with Gasteiger partial charge in [0.2, 0.25) is 0 Å². The normalized spacial score (nSPS) is 10.3. The molecule has 0 heterocycles. The van der Waals surface area contributed by atoms with Crippen molar-refractivity contribution in [3.05, 3.63) is 58.4 Å². The average molecular weight is 295 g/mol. The zero-order valence-corrected chi connectivity index (χ0v) is 11.1. The minimum atomic E-state index is -1.20. The molecule has 2 aromatic carbocycles. The van der Waals surface area contributed by atoms with Crippen molar-refractivity contribution >= 4 is 28.9 Å². The summed E-state index contributed by atoms with van der Waals surface area (Å²) >= 11 is 5.77. The van der Waals surface area contributed by atoms with Crippen molar-refractivity contribution in [3.8, 4) is 0 Å². The second kappa shape index (κ2) is 5.79.